The largest absolute Gasteiger partial charge is 0.487 e. The number of methoxy groups -OCH3 is 1. The van der Waals surface area contributed by atoms with Crippen molar-refractivity contribution < 1.29 is 19.0 Å². The van der Waals surface area contributed by atoms with E-state index in [1.807, 2.05) is 12.3 Å². The summed E-state index contributed by atoms with van der Waals surface area (Å²) < 4.78 is 15.9. The van der Waals surface area contributed by atoms with Gasteiger partial charge in [-0.05, 0) is 24.5 Å². The average molecular weight is 268 g/mol. The molecule has 1 atom stereocenters. The Kier molecular flexibility index (Phi) is 4.49. The molecule has 1 unspecified atom stereocenters. The zero-order valence-corrected chi connectivity index (χ0v) is 11.3. The fourth-order valence-electron chi connectivity index (χ4n) is 1.80. The van der Waals surface area contributed by atoms with Gasteiger partial charge in [0.15, 0.2) is 0 Å². The van der Waals surface area contributed by atoms with Crippen LogP contribution in [0.5, 0.6) is 5.75 Å². The first-order valence-corrected chi connectivity index (χ1v) is 6.98. The SMILES string of the molecule is COC(=O)c1ccc(SC)c(OC2CCOC2)c1. The highest BCUT2D eigenvalue weighted by Gasteiger charge is 2.19. The summed E-state index contributed by atoms with van der Waals surface area (Å²) in [6, 6.07) is 5.35. The maximum Gasteiger partial charge on any atom is 0.337 e. The van der Waals surface area contributed by atoms with E-state index in [4.69, 9.17) is 14.2 Å². The summed E-state index contributed by atoms with van der Waals surface area (Å²) in [5.41, 5.74) is 0.504. The molecule has 2 rings (SSSR count). The van der Waals surface area contributed by atoms with Crippen molar-refractivity contribution in [2.75, 3.05) is 26.6 Å². The van der Waals surface area contributed by atoms with Crippen LogP contribution in [0.4, 0.5) is 0 Å². The minimum absolute atomic E-state index is 0.0730. The Morgan fingerprint density at radius 2 is 2.33 bits per heavy atom. The third kappa shape index (κ3) is 2.97. The molecule has 0 aliphatic carbocycles. The second-order valence-corrected chi connectivity index (χ2v) is 4.81. The maximum absolute atomic E-state index is 11.5. The van der Waals surface area contributed by atoms with Crippen molar-refractivity contribution in [3.63, 3.8) is 0 Å². The minimum Gasteiger partial charge on any atom is -0.487 e. The lowest BCUT2D eigenvalue weighted by Gasteiger charge is -2.15. The van der Waals surface area contributed by atoms with Gasteiger partial charge in [-0.25, -0.2) is 4.79 Å². The third-order valence-corrected chi connectivity index (χ3v) is 3.54. The smallest absolute Gasteiger partial charge is 0.337 e. The van der Waals surface area contributed by atoms with Crippen molar-refractivity contribution >= 4 is 17.7 Å². The molecule has 0 N–H and O–H groups in total. The standard InChI is InChI=1S/C13H16O4S/c1-15-13(14)9-3-4-12(18-2)11(7-9)17-10-5-6-16-8-10/h3-4,7,10H,5-6,8H2,1-2H3. The van der Waals surface area contributed by atoms with Gasteiger partial charge in [0.25, 0.3) is 0 Å². The van der Waals surface area contributed by atoms with E-state index in [1.165, 1.54) is 7.11 Å². The highest BCUT2D eigenvalue weighted by molar-refractivity contribution is 7.98. The summed E-state index contributed by atoms with van der Waals surface area (Å²) in [7, 11) is 1.37. The van der Waals surface area contributed by atoms with Crippen LogP contribution in [-0.2, 0) is 9.47 Å². The zero-order valence-electron chi connectivity index (χ0n) is 10.5. The van der Waals surface area contributed by atoms with Gasteiger partial charge in [-0.3, -0.25) is 0 Å². The van der Waals surface area contributed by atoms with Crippen molar-refractivity contribution in [3.8, 4) is 5.75 Å². The molecule has 1 aliphatic heterocycles. The molecule has 0 bridgehead atoms. The number of carbonyl (C=O) groups is 1. The van der Waals surface area contributed by atoms with E-state index in [9.17, 15) is 4.79 Å². The number of benzene rings is 1. The maximum atomic E-state index is 11.5. The minimum atomic E-state index is -0.352. The molecule has 5 heteroatoms. The van der Waals surface area contributed by atoms with Crippen LogP contribution in [0.1, 0.15) is 16.8 Å². The van der Waals surface area contributed by atoms with E-state index in [0.29, 0.717) is 12.2 Å². The van der Waals surface area contributed by atoms with E-state index in [-0.39, 0.29) is 12.1 Å². The second-order valence-electron chi connectivity index (χ2n) is 3.96. The van der Waals surface area contributed by atoms with Crippen molar-refractivity contribution in [2.24, 2.45) is 0 Å². The quantitative estimate of drug-likeness (QED) is 0.619. The molecule has 0 aromatic heterocycles. The van der Waals surface area contributed by atoms with E-state index in [1.54, 1.807) is 23.9 Å². The lowest BCUT2D eigenvalue weighted by molar-refractivity contribution is 0.0599. The Morgan fingerprint density at radius 3 is 2.94 bits per heavy atom. The highest BCUT2D eigenvalue weighted by atomic mass is 32.2. The van der Waals surface area contributed by atoms with Gasteiger partial charge in [0.05, 0.1) is 25.9 Å². The average Bonchev–Trinajstić information content (AvgIpc) is 2.90. The van der Waals surface area contributed by atoms with Crippen LogP contribution in [-0.4, -0.2) is 38.7 Å². The molecule has 4 nitrogen and oxygen atoms in total. The number of hydrogen-bond donors (Lipinski definition) is 0. The highest BCUT2D eigenvalue weighted by Crippen LogP contribution is 2.30. The molecular weight excluding hydrogens is 252 g/mol. The fraction of sp³-hybridized carbons (Fsp3) is 0.462. The Morgan fingerprint density at radius 1 is 1.50 bits per heavy atom. The predicted molar refractivity (Wildman–Crippen MR) is 69.4 cm³/mol. The van der Waals surface area contributed by atoms with Crippen LogP contribution in [0.15, 0.2) is 23.1 Å². The third-order valence-electron chi connectivity index (χ3n) is 2.77. The molecule has 0 spiro atoms. The lowest BCUT2D eigenvalue weighted by atomic mass is 10.2. The van der Waals surface area contributed by atoms with Gasteiger partial charge >= 0.3 is 5.97 Å². The molecule has 1 aromatic carbocycles. The number of thioether (sulfide) groups is 1. The van der Waals surface area contributed by atoms with Crippen molar-refractivity contribution in [1.82, 2.24) is 0 Å². The molecule has 1 aliphatic rings. The lowest BCUT2D eigenvalue weighted by Crippen LogP contribution is -2.16. The fourth-order valence-corrected chi connectivity index (χ4v) is 2.31. The molecule has 1 saturated heterocycles. The number of rotatable bonds is 4. The number of carbonyl (C=O) groups excluding carboxylic acids is 1. The molecule has 0 saturated carbocycles. The normalized spacial score (nSPS) is 18.7. The molecule has 1 heterocycles. The van der Waals surface area contributed by atoms with E-state index in [2.05, 4.69) is 0 Å². The second kappa shape index (κ2) is 6.11. The number of esters is 1. The summed E-state index contributed by atoms with van der Waals surface area (Å²) in [5.74, 6) is 0.371. The first-order valence-electron chi connectivity index (χ1n) is 5.75. The van der Waals surface area contributed by atoms with Gasteiger partial charge in [0.2, 0.25) is 0 Å². The molecule has 0 amide bonds. The molecular formula is C13H16O4S. The summed E-state index contributed by atoms with van der Waals surface area (Å²) in [5, 5.41) is 0. The van der Waals surface area contributed by atoms with Crippen molar-refractivity contribution in [1.29, 1.82) is 0 Å². The van der Waals surface area contributed by atoms with Gasteiger partial charge in [0, 0.05) is 11.3 Å². The van der Waals surface area contributed by atoms with Crippen LogP contribution in [0, 0.1) is 0 Å². The Labute approximate surface area is 111 Å². The molecule has 98 valence electrons. The topological polar surface area (TPSA) is 44.8 Å². The summed E-state index contributed by atoms with van der Waals surface area (Å²) in [4.78, 5) is 12.5. The van der Waals surface area contributed by atoms with Crippen LogP contribution in [0.2, 0.25) is 0 Å². The first kappa shape index (κ1) is 13.2. The van der Waals surface area contributed by atoms with Crippen molar-refractivity contribution in [3.05, 3.63) is 23.8 Å². The summed E-state index contributed by atoms with van der Waals surface area (Å²) in [6.45, 7) is 1.34. The van der Waals surface area contributed by atoms with Crippen molar-refractivity contribution in [2.45, 2.75) is 17.4 Å². The number of ether oxygens (including phenoxy) is 3. The van der Waals surface area contributed by atoms with E-state index >= 15 is 0 Å². The van der Waals surface area contributed by atoms with Gasteiger partial charge < -0.3 is 14.2 Å². The van der Waals surface area contributed by atoms with Gasteiger partial charge in [-0.1, -0.05) is 0 Å². The predicted octanol–water partition coefficient (Wildman–Crippen LogP) is 2.36. The summed E-state index contributed by atoms with van der Waals surface area (Å²) in [6.07, 6.45) is 2.94. The van der Waals surface area contributed by atoms with Gasteiger partial charge in [-0.15, -0.1) is 11.8 Å². The van der Waals surface area contributed by atoms with Gasteiger partial charge in [-0.2, -0.15) is 0 Å². The molecule has 1 aromatic rings. The van der Waals surface area contributed by atoms with Crippen LogP contribution < -0.4 is 4.74 Å². The molecule has 0 radical (unpaired) electrons. The Hall–Kier alpha value is -1.20. The Balaban J connectivity index is 2.21. The van der Waals surface area contributed by atoms with E-state index < -0.39 is 0 Å². The van der Waals surface area contributed by atoms with Crippen LogP contribution >= 0.6 is 11.8 Å². The number of hydrogen-bond acceptors (Lipinski definition) is 5. The molecule has 18 heavy (non-hydrogen) atoms. The van der Waals surface area contributed by atoms with Crippen LogP contribution in [0.25, 0.3) is 0 Å². The molecule has 1 fully saturated rings. The monoisotopic (exact) mass is 268 g/mol. The van der Waals surface area contributed by atoms with E-state index in [0.717, 1.165) is 23.7 Å². The summed E-state index contributed by atoms with van der Waals surface area (Å²) >= 11 is 1.59. The van der Waals surface area contributed by atoms with Gasteiger partial charge in [0.1, 0.15) is 11.9 Å². The van der Waals surface area contributed by atoms with Crippen LogP contribution in [0.3, 0.4) is 0 Å². The first-order chi connectivity index (χ1) is 8.74. The Bertz CT molecular complexity index is 427. The zero-order chi connectivity index (χ0) is 13.0.